The molecule has 5 N–H and O–H groups in total. The highest BCUT2D eigenvalue weighted by Crippen LogP contribution is 2.29. The van der Waals surface area contributed by atoms with Crippen molar-refractivity contribution in [3.63, 3.8) is 0 Å². The van der Waals surface area contributed by atoms with Crippen molar-refractivity contribution in [2.75, 3.05) is 14.7 Å². The molecule has 0 aliphatic carbocycles. The Morgan fingerprint density at radius 2 is 0.474 bits per heavy atom. The molecule has 1 heterocycles. The summed E-state index contributed by atoms with van der Waals surface area (Å²) in [7, 11) is 0. The van der Waals surface area contributed by atoms with Crippen molar-refractivity contribution in [3.05, 3.63) is 183 Å². The molecule has 12 heteroatoms. The molecular weight excluding hydrogens is 831 g/mol. The third-order valence-corrected chi connectivity index (χ3v) is 10.0. The van der Waals surface area contributed by atoms with Gasteiger partial charge in [0.15, 0.2) is 0 Å². The van der Waals surface area contributed by atoms with Crippen LogP contribution in [-0.4, -0.2) is 40.5 Å². The average Bonchev–Trinajstić information content (AvgIpc) is 3.22. The quantitative estimate of drug-likeness (QED) is 0.0631. The molecule has 0 aliphatic rings. The van der Waals surface area contributed by atoms with Crippen molar-refractivity contribution in [3.8, 4) is 28.7 Å². The first-order valence-corrected chi connectivity index (χ1v) is 19.3. The zero-order chi connectivity index (χ0) is 39.7. The SMILES string of the molecule is Oc1ccc(CN(Cc2ccc(O)cc2)c2nc(N(Cc3ccc(O)cc3)Cc3ccc(O)cc3)nc(N(Cc3ccc(O)cc3)Cc3ccc(I)cc3)n2)cc1. The van der Waals surface area contributed by atoms with Crippen LogP contribution < -0.4 is 14.7 Å². The van der Waals surface area contributed by atoms with Crippen molar-refractivity contribution in [1.82, 2.24) is 15.0 Å². The third-order valence-electron chi connectivity index (χ3n) is 9.28. The predicted octanol–water partition coefficient (Wildman–Crippen LogP) is 8.62. The molecule has 7 aromatic rings. The van der Waals surface area contributed by atoms with E-state index >= 15 is 0 Å². The van der Waals surface area contributed by atoms with E-state index in [1.165, 1.54) is 0 Å². The molecule has 57 heavy (non-hydrogen) atoms. The molecule has 0 atom stereocenters. The Morgan fingerprint density at radius 3 is 0.667 bits per heavy atom. The first-order chi connectivity index (χ1) is 27.6. The average molecular weight is 873 g/mol. The Morgan fingerprint density at radius 1 is 0.298 bits per heavy atom. The fourth-order valence-corrected chi connectivity index (χ4v) is 6.64. The Bertz CT molecular complexity index is 1940. The molecule has 6 aromatic carbocycles. The van der Waals surface area contributed by atoms with Gasteiger partial charge in [-0.2, -0.15) is 15.0 Å². The minimum absolute atomic E-state index is 0.160. The van der Waals surface area contributed by atoms with Gasteiger partial charge in [0.2, 0.25) is 17.8 Å². The van der Waals surface area contributed by atoms with E-state index in [9.17, 15) is 25.5 Å². The van der Waals surface area contributed by atoms with Crippen molar-refractivity contribution in [2.45, 2.75) is 39.3 Å². The largest absolute Gasteiger partial charge is 0.508 e. The predicted molar refractivity (Wildman–Crippen MR) is 229 cm³/mol. The zero-order valence-corrected chi connectivity index (χ0v) is 33.1. The van der Waals surface area contributed by atoms with Crippen molar-refractivity contribution in [2.24, 2.45) is 0 Å². The van der Waals surface area contributed by atoms with Gasteiger partial charge < -0.3 is 40.2 Å². The summed E-state index contributed by atoms with van der Waals surface area (Å²) in [5.74, 6) is 2.03. The standard InChI is InChI=1S/C45H41IN6O5/c46-37-13-1-31(2-14-37)25-50(26-32-3-15-38(53)16-4-32)43-47-44(51(27-33-5-17-39(54)18-6-33)28-34-7-19-40(55)20-8-34)49-45(48-43)52(29-35-9-21-41(56)22-10-35)30-36-11-23-42(57)24-12-36/h1-24,53-57H,25-30H2. The van der Waals surface area contributed by atoms with Gasteiger partial charge in [-0.1, -0.05) is 72.8 Å². The molecule has 11 nitrogen and oxygen atoms in total. The highest BCUT2D eigenvalue weighted by Gasteiger charge is 2.23. The summed E-state index contributed by atoms with van der Waals surface area (Å²) in [6.45, 7) is 2.42. The molecule has 288 valence electrons. The topological polar surface area (TPSA) is 150 Å². The molecule has 7 rings (SSSR count). The van der Waals surface area contributed by atoms with Crippen molar-refractivity contribution >= 4 is 40.4 Å². The number of benzene rings is 6. The van der Waals surface area contributed by atoms with Gasteiger partial charge in [0.1, 0.15) is 28.7 Å². The highest BCUT2D eigenvalue weighted by molar-refractivity contribution is 14.1. The van der Waals surface area contributed by atoms with Gasteiger partial charge in [0, 0.05) is 42.8 Å². The van der Waals surface area contributed by atoms with E-state index in [-0.39, 0.29) is 28.7 Å². The van der Waals surface area contributed by atoms with E-state index in [0.717, 1.165) is 37.0 Å². The van der Waals surface area contributed by atoms with E-state index in [0.29, 0.717) is 57.1 Å². The molecule has 1 aromatic heterocycles. The number of anilines is 3. The summed E-state index contributed by atoms with van der Waals surface area (Å²) in [4.78, 5) is 21.7. The second-order valence-corrected chi connectivity index (χ2v) is 15.0. The van der Waals surface area contributed by atoms with Crippen LogP contribution in [0, 0.1) is 3.57 Å². The number of aromatic hydroxyl groups is 5. The Labute approximate surface area is 344 Å². The number of phenolic OH excluding ortho intramolecular Hbond substituents is 5. The van der Waals surface area contributed by atoms with Gasteiger partial charge in [0.25, 0.3) is 0 Å². The lowest BCUT2D eigenvalue weighted by Crippen LogP contribution is -2.31. The maximum absolute atomic E-state index is 10.1. The summed E-state index contributed by atoms with van der Waals surface area (Å²) in [6.07, 6.45) is 0. The fraction of sp³-hybridized carbons (Fsp3) is 0.133. The van der Waals surface area contributed by atoms with Crippen LogP contribution in [0.15, 0.2) is 146 Å². The van der Waals surface area contributed by atoms with Crippen molar-refractivity contribution < 1.29 is 25.5 Å². The van der Waals surface area contributed by atoms with Gasteiger partial charge in [-0.25, -0.2) is 0 Å². The van der Waals surface area contributed by atoms with Gasteiger partial charge in [-0.3, -0.25) is 0 Å². The van der Waals surface area contributed by atoms with Gasteiger partial charge in [-0.05, 0) is 129 Å². The fourth-order valence-electron chi connectivity index (χ4n) is 6.28. The van der Waals surface area contributed by atoms with E-state index in [1.807, 2.05) is 70.5 Å². The van der Waals surface area contributed by atoms with Gasteiger partial charge in [0.05, 0.1) is 0 Å². The van der Waals surface area contributed by atoms with Crippen LogP contribution in [0.4, 0.5) is 17.8 Å². The number of nitrogens with zero attached hydrogens (tertiary/aromatic N) is 6. The Hall–Kier alpha value is -6.54. The summed E-state index contributed by atoms with van der Waals surface area (Å²) in [5.41, 5.74) is 5.66. The summed E-state index contributed by atoms with van der Waals surface area (Å²) < 4.78 is 1.12. The smallest absolute Gasteiger partial charge is 0.232 e. The molecule has 0 saturated carbocycles. The van der Waals surface area contributed by atoms with Crippen LogP contribution in [0.25, 0.3) is 0 Å². The lowest BCUT2D eigenvalue weighted by Gasteiger charge is -2.30. The third kappa shape index (κ3) is 10.8. The van der Waals surface area contributed by atoms with Gasteiger partial charge >= 0.3 is 0 Å². The maximum Gasteiger partial charge on any atom is 0.232 e. The molecule has 0 fully saturated rings. The molecule has 0 bridgehead atoms. The van der Waals surface area contributed by atoms with Crippen LogP contribution in [-0.2, 0) is 39.3 Å². The number of rotatable bonds is 15. The van der Waals surface area contributed by atoms with Gasteiger partial charge in [-0.15, -0.1) is 0 Å². The summed E-state index contributed by atoms with van der Waals surface area (Å²) >= 11 is 2.29. The minimum Gasteiger partial charge on any atom is -0.508 e. The molecule has 0 spiro atoms. The molecule has 0 unspecified atom stereocenters. The second kappa shape index (κ2) is 17.9. The van der Waals surface area contributed by atoms with Crippen molar-refractivity contribution in [1.29, 1.82) is 0 Å². The van der Waals surface area contributed by atoms with E-state index in [2.05, 4.69) is 51.8 Å². The molecular formula is C45H41IN6O5. The first kappa shape index (κ1) is 38.7. The number of hydrogen-bond acceptors (Lipinski definition) is 11. The van der Waals surface area contributed by atoms with E-state index in [1.54, 1.807) is 60.7 Å². The lowest BCUT2D eigenvalue weighted by atomic mass is 10.1. The molecule has 0 aliphatic heterocycles. The molecule has 0 saturated heterocycles. The lowest BCUT2D eigenvalue weighted by molar-refractivity contribution is 0.474. The molecule has 0 amide bonds. The van der Waals surface area contributed by atoms with Crippen LogP contribution in [0.1, 0.15) is 33.4 Å². The maximum atomic E-state index is 10.1. The van der Waals surface area contributed by atoms with Crippen LogP contribution in [0.5, 0.6) is 28.7 Å². The van der Waals surface area contributed by atoms with E-state index in [4.69, 9.17) is 15.0 Å². The number of halogens is 1. The number of hydrogen-bond donors (Lipinski definition) is 5. The number of phenols is 5. The minimum atomic E-state index is 0.160. The summed E-state index contributed by atoms with van der Waals surface area (Å²) in [6, 6.07) is 43.4. The normalized spacial score (nSPS) is 11.0. The van der Waals surface area contributed by atoms with Crippen LogP contribution >= 0.6 is 22.6 Å². The van der Waals surface area contributed by atoms with E-state index < -0.39 is 0 Å². The zero-order valence-electron chi connectivity index (χ0n) is 30.9. The molecule has 0 radical (unpaired) electrons. The number of aromatic nitrogens is 3. The second-order valence-electron chi connectivity index (χ2n) is 13.8. The Balaban J connectivity index is 1.39. The van der Waals surface area contributed by atoms with Crippen LogP contribution in [0.3, 0.4) is 0 Å². The summed E-state index contributed by atoms with van der Waals surface area (Å²) in [5, 5.41) is 50.4. The van der Waals surface area contributed by atoms with Crippen LogP contribution in [0.2, 0.25) is 0 Å². The Kier molecular flexibility index (Phi) is 12.2. The first-order valence-electron chi connectivity index (χ1n) is 18.3. The monoisotopic (exact) mass is 872 g/mol. The highest BCUT2D eigenvalue weighted by atomic mass is 127.